The molecule has 128 valence electrons. The Balaban J connectivity index is 1.60. The number of fused-ring (bicyclic) bond motifs is 1. The number of nitrogens with one attached hydrogen (secondary N) is 2. The summed E-state index contributed by atoms with van der Waals surface area (Å²) in [6.07, 6.45) is 0. The number of rotatable bonds is 3. The molecule has 5 nitrogen and oxygen atoms in total. The first-order valence-electron chi connectivity index (χ1n) is 7.70. The Morgan fingerprint density at radius 2 is 1.92 bits per heavy atom. The highest BCUT2D eigenvalue weighted by molar-refractivity contribution is 7.14. The Morgan fingerprint density at radius 3 is 2.73 bits per heavy atom. The lowest BCUT2D eigenvalue weighted by Crippen LogP contribution is -2.20. The maximum atomic E-state index is 12.5. The summed E-state index contributed by atoms with van der Waals surface area (Å²) >= 11 is 7.21. The summed E-state index contributed by atoms with van der Waals surface area (Å²) in [5.41, 5.74) is 2.19. The minimum Gasteiger partial charge on any atom is -0.438 e. The molecule has 4 rings (SSSR count). The molecular formula is C19H12ClN3O2S. The maximum absolute atomic E-state index is 12.5. The summed E-state index contributed by atoms with van der Waals surface area (Å²) in [4.78, 5) is 16.9. The monoisotopic (exact) mass is 381 g/mol. The summed E-state index contributed by atoms with van der Waals surface area (Å²) in [6.45, 7) is 0. The van der Waals surface area contributed by atoms with Crippen LogP contribution in [0.25, 0.3) is 22.2 Å². The summed E-state index contributed by atoms with van der Waals surface area (Å²) < 4.78 is 5.41. The zero-order valence-corrected chi connectivity index (χ0v) is 14.9. The number of carbonyl (C=O) groups is 1. The number of hydrogen-bond donors (Lipinski definition) is 2. The molecule has 0 bridgehead atoms. The highest BCUT2D eigenvalue weighted by atomic mass is 35.5. The van der Waals surface area contributed by atoms with Gasteiger partial charge in [-0.15, -0.1) is 11.3 Å². The number of anilines is 1. The number of halogens is 1. The van der Waals surface area contributed by atoms with Gasteiger partial charge in [0.05, 0.1) is 5.69 Å². The number of nitrogens with zero attached hydrogens (tertiary/aromatic N) is 1. The molecule has 0 saturated carbocycles. The van der Waals surface area contributed by atoms with Crippen LogP contribution in [0.5, 0.6) is 0 Å². The lowest BCUT2D eigenvalue weighted by molar-refractivity contribution is 0.102. The van der Waals surface area contributed by atoms with Gasteiger partial charge in [0, 0.05) is 21.4 Å². The molecule has 0 unspecified atom stereocenters. The molecule has 0 aliphatic heterocycles. The molecule has 0 radical (unpaired) electrons. The molecule has 26 heavy (non-hydrogen) atoms. The Labute approximate surface area is 157 Å². The van der Waals surface area contributed by atoms with Crippen LogP contribution in [0.4, 0.5) is 5.13 Å². The van der Waals surface area contributed by atoms with Gasteiger partial charge in [0.1, 0.15) is 11.1 Å². The van der Waals surface area contributed by atoms with E-state index in [1.54, 1.807) is 24.3 Å². The van der Waals surface area contributed by atoms with E-state index in [0.717, 1.165) is 16.6 Å². The van der Waals surface area contributed by atoms with Crippen molar-refractivity contribution in [3.05, 3.63) is 76.1 Å². The SMILES string of the molecule is N=c1oc2ccccc2cc1C(=O)Nc1nc(-c2ccc(Cl)cc2)cs1. The first-order chi connectivity index (χ1) is 12.6. The molecular weight excluding hydrogens is 370 g/mol. The summed E-state index contributed by atoms with van der Waals surface area (Å²) in [7, 11) is 0. The van der Waals surface area contributed by atoms with Gasteiger partial charge >= 0.3 is 0 Å². The molecule has 2 aromatic heterocycles. The van der Waals surface area contributed by atoms with Crippen LogP contribution in [0.3, 0.4) is 0 Å². The molecule has 0 aliphatic carbocycles. The lowest BCUT2D eigenvalue weighted by atomic mass is 10.2. The van der Waals surface area contributed by atoms with Gasteiger partial charge in [0.15, 0.2) is 5.13 Å². The number of thiazole rings is 1. The van der Waals surface area contributed by atoms with Crippen molar-refractivity contribution in [2.75, 3.05) is 5.32 Å². The highest BCUT2D eigenvalue weighted by Crippen LogP contribution is 2.26. The number of aromatic nitrogens is 1. The van der Waals surface area contributed by atoms with E-state index in [-0.39, 0.29) is 11.1 Å². The molecule has 2 N–H and O–H groups in total. The second kappa shape index (κ2) is 6.74. The van der Waals surface area contributed by atoms with E-state index in [9.17, 15) is 4.79 Å². The molecule has 0 atom stereocenters. The minimum absolute atomic E-state index is 0.159. The van der Waals surface area contributed by atoms with Crippen molar-refractivity contribution in [1.29, 1.82) is 5.41 Å². The van der Waals surface area contributed by atoms with Gasteiger partial charge < -0.3 is 4.42 Å². The molecule has 2 aromatic carbocycles. The van der Waals surface area contributed by atoms with Crippen molar-refractivity contribution in [1.82, 2.24) is 4.98 Å². The molecule has 2 heterocycles. The van der Waals surface area contributed by atoms with Crippen LogP contribution in [0.1, 0.15) is 10.4 Å². The van der Waals surface area contributed by atoms with Crippen molar-refractivity contribution in [2.45, 2.75) is 0 Å². The van der Waals surface area contributed by atoms with Crippen molar-refractivity contribution in [3.8, 4) is 11.3 Å². The first kappa shape index (κ1) is 16.5. The van der Waals surface area contributed by atoms with Gasteiger partial charge in [0.2, 0.25) is 5.55 Å². The van der Waals surface area contributed by atoms with E-state index in [2.05, 4.69) is 10.3 Å². The third-order valence-electron chi connectivity index (χ3n) is 3.78. The molecule has 0 spiro atoms. The van der Waals surface area contributed by atoms with Gasteiger partial charge in [-0.2, -0.15) is 0 Å². The van der Waals surface area contributed by atoms with Crippen LogP contribution in [0.2, 0.25) is 5.02 Å². The second-order valence-electron chi connectivity index (χ2n) is 5.53. The predicted molar refractivity (Wildman–Crippen MR) is 103 cm³/mol. The largest absolute Gasteiger partial charge is 0.438 e. The van der Waals surface area contributed by atoms with E-state index in [0.29, 0.717) is 15.7 Å². The molecule has 0 aliphatic rings. The Kier molecular flexibility index (Phi) is 4.28. The predicted octanol–water partition coefficient (Wildman–Crippen LogP) is 4.94. The van der Waals surface area contributed by atoms with E-state index in [1.807, 2.05) is 35.7 Å². The number of hydrogen-bond acceptors (Lipinski definition) is 5. The average Bonchev–Trinajstić information content (AvgIpc) is 3.10. The molecule has 1 amide bonds. The highest BCUT2D eigenvalue weighted by Gasteiger charge is 2.14. The molecule has 4 aromatic rings. The fraction of sp³-hybridized carbons (Fsp3) is 0. The van der Waals surface area contributed by atoms with Gasteiger partial charge in [-0.05, 0) is 24.3 Å². The zero-order chi connectivity index (χ0) is 18.1. The minimum atomic E-state index is -0.429. The van der Waals surface area contributed by atoms with Crippen molar-refractivity contribution in [2.24, 2.45) is 0 Å². The standard InChI is InChI=1S/C19H12ClN3O2S/c20-13-7-5-11(6-8-13)15-10-26-19(22-15)23-18(24)14-9-12-3-1-2-4-16(12)25-17(14)21/h1-10,21H,(H,22,23,24). The van der Waals surface area contributed by atoms with E-state index in [4.69, 9.17) is 21.4 Å². The van der Waals surface area contributed by atoms with E-state index >= 15 is 0 Å². The van der Waals surface area contributed by atoms with Crippen LogP contribution in [0.15, 0.2) is 64.4 Å². The third-order valence-corrected chi connectivity index (χ3v) is 4.79. The lowest BCUT2D eigenvalue weighted by Gasteiger charge is -2.03. The van der Waals surface area contributed by atoms with Crippen LogP contribution in [-0.2, 0) is 0 Å². The fourth-order valence-electron chi connectivity index (χ4n) is 2.50. The van der Waals surface area contributed by atoms with Crippen molar-refractivity contribution in [3.63, 3.8) is 0 Å². The van der Waals surface area contributed by atoms with Crippen LogP contribution in [0, 0.1) is 5.41 Å². The number of para-hydroxylation sites is 1. The molecule has 0 fully saturated rings. The fourth-order valence-corrected chi connectivity index (χ4v) is 3.34. The van der Waals surface area contributed by atoms with Crippen molar-refractivity contribution >= 4 is 44.9 Å². The maximum Gasteiger partial charge on any atom is 0.262 e. The summed E-state index contributed by atoms with van der Waals surface area (Å²) in [5.74, 6) is -0.429. The quantitative estimate of drug-likeness (QED) is 0.527. The smallest absolute Gasteiger partial charge is 0.262 e. The second-order valence-corrected chi connectivity index (χ2v) is 6.82. The number of carbonyl (C=O) groups excluding carboxylic acids is 1. The summed E-state index contributed by atoms with van der Waals surface area (Å²) in [6, 6.07) is 16.2. The van der Waals surface area contributed by atoms with Gasteiger partial charge in [0.25, 0.3) is 5.91 Å². The summed E-state index contributed by atoms with van der Waals surface area (Å²) in [5, 5.41) is 14.4. The van der Waals surface area contributed by atoms with Gasteiger partial charge in [-0.3, -0.25) is 15.5 Å². The Morgan fingerprint density at radius 1 is 1.15 bits per heavy atom. The Bertz CT molecular complexity index is 1170. The van der Waals surface area contributed by atoms with Gasteiger partial charge in [-0.25, -0.2) is 4.98 Å². The molecule has 7 heteroatoms. The number of amides is 1. The van der Waals surface area contributed by atoms with Crippen LogP contribution >= 0.6 is 22.9 Å². The molecule has 0 saturated heterocycles. The third kappa shape index (κ3) is 3.24. The van der Waals surface area contributed by atoms with Crippen LogP contribution < -0.4 is 10.9 Å². The average molecular weight is 382 g/mol. The van der Waals surface area contributed by atoms with Gasteiger partial charge in [-0.1, -0.05) is 41.9 Å². The van der Waals surface area contributed by atoms with E-state index < -0.39 is 5.91 Å². The Hall–Kier alpha value is -2.96. The normalized spacial score (nSPS) is 10.8. The topological polar surface area (TPSA) is 79.0 Å². The number of benzene rings is 2. The zero-order valence-electron chi connectivity index (χ0n) is 13.3. The van der Waals surface area contributed by atoms with E-state index in [1.165, 1.54) is 11.3 Å². The first-order valence-corrected chi connectivity index (χ1v) is 8.96. The van der Waals surface area contributed by atoms with Crippen molar-refractivity contribution < 1.29 is 9.21 Å². The van der Waals surface area contributed by atoms with Crippen LogP contribution in [-0.4, -0.2) is 10.9 Å².